The van der Waals surface area contributed by atoms with Gasteiger partial charge in [0, 0.05) is 11.8 Å². The summed E-state index contributed by atoms with van der Waals surface area (Å²) in [5.74, 6) is 1.02. The van der Waals surface area contributed by atoms with Crippen LogP contribution in [-0.4, -0.2) is 6.73 Å². The molecule has 2 rings (SSSR count). The fraction of sp³-hybridized carbons (Fsp3) is 0.250. The fourth-order valence-corrected chi connectivity index (χ4v) is 1.10. The van der Waals surface area contributed by atoms with E-state index in [0.29, 0.717) is 6.73 Å². The molecule has 0 saturated carbocycles. The van der Waals surface area contributed by atoms with Gasteiger partial charge in [-0.25, -0.2) is 0 Å². The Labute approximate surface area is 59.9 Å². The van der Waals surface area contributed by atoms with Crippen molar-refractivity contribution in [1.82, 2.24) is 5.32 Å². The van der Waals surface area contributed by atoms with Gasteiger partial charge in [-0.15, -0.1) is 0 Å². The lowest BCUT2D eigenvalue weighted by atomic mass is 10.1. The molecule has 0 aromatic rings. The van der Waals surface area contributed by atoms with E-state index in [9.17, 15) is 0 Å². The fourth-order valence-electron chi connectivity index (χ4n) is 1.10. The van der Waals surface area contributed by atoms with Crippen molar-refractivity contribution in [3.8, 4) is 0 Å². The van der Waals surface area contributed by atoms with E-state index in [-0.39, 0.29) is 0 Å². The summed E-state index contributed by atoms with van der Waals surface area (Å²) in [7, 11) is 0. The number of ether oxygens (including phenoxy) is 1. The minimum Gasteiger partial charge on any atom is -0.473 e. The zero-order valence-corrected chi connectivity index (χ0v) is 5.63. The predicted molar refractivity (Wildman–Crippen MR) is 39.0 cm³/mol. The first-order valence-corrected chi connectivity index (χ1v) is 3.40. The standard InChI is InChI=1S/C8H9NO/c1-2-4-8-7(3-1)5-9-6-10-8/h1,3-5,9H,2,6H2. The van der Waals surface area contributed by atoms with Crippen LogP contribution in [0.1, 0.15) is 6.42 Å². The Morgan fingerprint density at radius 3 is 3.40 bits per heavy atom. The number of nitrogens with one attached hydrogen (secondary N) is 1. The van der Waals surface area contributed by atoms with Crippen molar-refractivity contribution in [2.45, 2.75) is 6.42 Å². The van der Waals surface area contributed by atoms with Crippen LogP contribution in [0.5, 0.6) is 0 Å². The van der Waals surface area contributed by atoms with E-state index in [1.165, 1.54) is 0 Å². The first kappa shape index (κ1) is 5.59. The van der Waals surface area contributed by atoms with Crippen LogP contribution in [0.3, 0.4) is 0 Å². The Morgan fingerprint density at radius 2 is 2.50 bits per heavy atom. The third-order valence-corrected chi connectivity index (χ3v) is 1.59. The molecule has 2 heteroatoms. The molecule has 2 nitrogen and oxygen atoms in total. The normalized spacial score (nSPS) is 21.6. The molecule has 52 valence electrons. The zero-order valence-electron chi connectivity index (χ0n) is 5.63. The summed E-state index contributed by atoms with van der Waals surface area (Å²) in [5.41, 5.74) is 1.15. The van der Waals surface area contributed by atoms with Gasteiger partial charge in [-0.3, -0.25) is 0 Å². The number of allylic oxidation sites excluding steroid dienone is 3. The van der Waals surface area contributed by atoms with Crippen LogP contribution in [0.4, 0.5) is 0 Å². The SMILES string of the molecule is C1=CC2=CNCOC2=CC1. The summed E-state index contributed by atoms with van der Waals surface area (Å²) in [6, 6.07) is 0. The molecule has 10 heavy (non-hydrogen) atoms. The average Bonchev–Trinajstić information content (AvgIpc) is 2.05. The van der Waals surface area contributed by atoms with Crippen molar-refractivity contribution in [3.63, 3.8) is 0 Å². The van der Waals surface area contributed by atoms with Gasteiger partial charge in [0.25, 0.3) is 0 Å². The van der Waals surface area contributed by atoms with Crippen molar-refractivity contribution < 1.29 is 4.74 Å². The molecule has 0 aromatic heterocycles. The Kier molecular flexibility index (Phi) is 1.24. The van der Waals surface area contributed by atoms with Crippen molar-refractivity contribution in [2.24, 2.45) is 0 Å². The molecule has 0 saturated heterocycles. The lowest BCUT2D eigenvalue weighted by Crippen LogP contribution is -2.18. The summed E-state index contributed by atoms with van der Waals surface area (Å²) in [6.45, 7) is 0.600. The topological polar surface area (TPSA) is 21.3 Å². The van der Waals surface area contributed by atoms with Gasteiger partial charge in [0.2, 0.25) is 0 Å². The molecular formula is C8H9NO. The smallest absolute Gasteiger partial charge is 0.158 e. The number of hydrogen-bond donors (Lipinski definition) is 1. The molecule has 1 aliphatic carbocycles. The van der Waals surface area contributed by atoms with Gasteiger partial charge in [-0.1, -0.05) is 12.2 Å². The Hall–Kier alpha value is -1.18. The maximum atomic E-state index is 5.31. The van der Waals surface area contributed by atoms with Gasteiger partial charge in [-0.05, 0) is 12.5 Å². The predicted octanol–water partition coefficient (Wildman–Crippen LogP) is 1.29. The second-order valence-corrected chi connectivity index (χ2v) is 2.30. The van der Waals surface area contributed by atoms with Crippen LogP contribution in [0, 0.1) is 0 Å². The monoisotopic (exact) mass is 135 g/mol. The lowest BCUT2D eigenvalue weighted by molar-refractivity contribution is 0.197. The van der Waals surface area contributed by atoms with E-state index >= 15 is 0 Å². The summed E-state index contributed by atoms with van der Waals surface area (Å²) >= 11 is 0. The minimum atomic E-state index is 0.600. The highest BCUT2D eigenvalue weighted by molar-refractivity contribution is 5.39. The molecule has 1 N–H and O–H groups in total. The number of hydrogen-bond acceptors (Lipinski definition) is 2. The molecular weight excluding hydrogens is 126 g/mol. The van der Waals surface area contributed by atoms with Crippen molar-refractivity contribution in [2.75, 3.05) is 6.73 Å². The zero-order chi connectivity index (χ0) is 6.81. The summed E-state index contributed by atoms with van der Waals surface area (Å²) < 4.78 is 5.31. The molecule has 0 radical (unpaired) electrons. The second-order valence-electron chi connectivity index (χ2n) is 2.30. The highest BCUT2D eigenvalue weighted by Gasteiger charge is 2.09. The Balaban J connectivity index is 2.32. The average molecular weight is 135 g/mol. The Bertz CT molecular complexity index is 225. The van der Waals surface area contributed by atoms with E-state index < -0.39 is 0 Å². The maximum Gasteiger partial charge on any atom is 0.158 e. The summed E-state index contributed by atoms with van der Waals surface area (Å²) in [6.07, 6.45) is 9.25. The summed E-state index contributed by atoms with van der Waals surface area (Å²) in [5, 5.41) is 3.01. The molecule has 1 aliphatic heterocycles. The molecule has 0 amide bonds. The third kappa shape index (κ3) is 0.817. The van der Waals surface area contributed by atoms with Crippen molar-refractivity contribution in [1.29, 1.82) is 0 Å². The van der Waals surface area contributed by atoms with Crippen molar-refractivity contribution in [3.05, 3.63) is 35.8 Å². The van der Waals surface area contributed by atoms with Gasteiger partial charge in [0.15, 0.2) is 6.73 Å². The van der Waals surface area contributed by atoms with Gasteiger partial charge >= 0.3 is 0 Å². The maximum absolute atomic E-state index is 5.31. The van der Waals surface area contributed by atoms with E-state index in [2.05, 4.69) is 23.5 Å². The van der Waals surface area contributed by atoms with E-state index in [0.717, 1.165) is 17.8 Å². The Morgan fingerprint density at radius 1 is 1.50 bits per heavy atom. The van der Waals surface area contributed by atoms with Crippen LogP contribution in [0.15, 0.2) is 35.8 Å². The molecule has 0 fully saturated rings. The third-order valence-electron chi connectivity index (χ3n) is 1.59. The van der Waals surface area contributed by atoms with Crippen LogP contribution in [0.2, 0.25) is 0 Å². The van der Waals surface area contributed by atoms with Gasteiger partial charge in [0.05, 0.1) is 0 Å². The van der Waals surface area contributed by atoms with E-state index in [4.69, 9.17) is 4.74 Å². The first-order chi connectivity index (χ1) is 4.97. The number of fused-ring (bicyclic) bond motifs is 1. The quantitative estimate of drug-likeness (QED) is 0.540. The molecule has 0 spiro atoms. The van der Waals surface area contributed by atoms with Gasteiger partial charge in [-0.2, -0.15) is 0 Å². The van der Waals surface area contributed by atoms with Gasteiger partial charge < -0.3 is 10.1 Å². The molecule has 0 atom stereocenters. The lowest BCUT2D eigenvalue weighted by Gasteiger charge is -2.18. The van der Waals surface area contributed by atoms with E-state index in [1.807, 2.05) is 6.20 Å². The minimum absolute atomic E-state index is 0.600. The highest BCUT2D eigenvalue weighted by atomic mass is 16.5. The molecule has 0 unspecified atom stereocenters. The largest absolute Gasteiger partial charge is 0.473 e. The first-order valence-electron chi connectivity index (χ1n) is 3.40. The van der Waals surface area contributed by atoms with Crippen LogP contribution >= 0.6 is 0 Å². The van der Waals surface area contributed by atoms with Gasteiger partial charge in [0.1, 0.15) is 5.76 Å². The molecule has 0 bridgehead atoms. The second kappa shape index (κ2) is 2.21. The van der Waals surface area contributed by atoms with Crippen LogP contribution in [0.25, 0.3) is 0 Å². The van der Waals surface area contributed by atoms with Crippen LogP contribution in [-0.2, 0) is 4.74 Å². The summed E-state index contributed by atoms with van der Waals surface area (Å²) in [4.78, 5) is 0. The molecule has 0 aromatic carbocycles. The molecule has 2 aliphatic rings. The van der Waals surface area contributed by atoms with Crippen LogP contribution < -0.4 is 5.32 Å². The molecule has 1 heterocycles. The highest BCUT2D eigenvalue weighted by Crippen LogP contribution is 2.19. The van der Waals surface area contributed by atoms with E-state index in [1.54, 1.807) is 0 Å². The van der Waals surface area contributed by atoms with Crippen molar-refractivity contribution >= 4 is 0 Å². The number of rotatable bonds is 0.